The van der Waals surface area contributed by atoms with Crippen molar-refractivity contribution in [1.82, 2.24) is 10.2 Å². The van der Waals surface area contributed by atoms with Crippen LogP contribution in [-0.2, 0) is 0 Å². The fourth-order valence-corrected chi connectivity index (χ4v) is 3.46. The number of rotatable bonds is 2. The molecule has 1 heterocycles. The molecule has 15 heavy (non-hydrogen) atoms. The predicted molar refractivity (Wildman–Crippen MR) is 67.4 cm³/mol. The molecule has 0 N–H and O–H groups in total. The molecule has 3 nitrogen and oxygen atoms in total. The average molecular weight is 290 g/mol. The molecule has 5 heteroatoms. The van der Waals surface area contributed by atoms with Gasteiger partial charge in [0.15, 0.2) is 3.92 Å². The Morgan fingerprint density at radius 1 is 1.33 bits per heavy atom. The lowest BCUT2D eigenvalue weighted by Crippen LogP contribution is -2.38. The molecule has 2 atom stereocenters. The van der Waals surface area contributed by atoms with Crippen molar-refractivity contribution in [1.29, 1.82) is 0 Å². The summed E-state index contributed by atoms with van der Waals surface area (Å²) in [6, 6.07) is 0.638. The summed E-state index contributed by atoms with van der Waals surface area (Å²) in [5.41, 5.74) is 0. The third-order valence-corrected chi connectivity index (χ3v) is 4.70. The zero-order valence-electron chi connectivity index (χ0n) is 9.11. The number of aromatic nitrogens is 2. The van der Waals surface area contributed by atoms with E-state index in [4.69, 9.17) is 0 Å². The van der Waals surface area contributed by atoms with E-state index in [2.05, 4.69) is 45.0 Å². The van der Waals surface area contributed by atoms with Crippen molar-refractivity contribution in [2.45, 2.75) is 38.6 Å². The summed E-state index contributed by atoms with van der Waals surface area (Å²) >= 11 is 4.97. The third kappa shape index (κ3) is 2.50. The van der Waals surface area contributed by atoms with Crippen LogP contribution in [0.1, 0.15) is 32.6 Å². The molecule has 1 aliphatic carbocycles. The molecule has 0 radical (unpaired) electrons. The van der Waals surface area contributed by atoms with Crippen LogP contribution in [0.15, 0.2) is 3.92 Å². The molecular weight excluding hydrogens is 274 g/mol. The van der Waals surface area contributed by atoms with Crippen LogP contribution < -0.4 is 4.90 Å². The van der Waals surface area contributed by atoms with Gasteiger partial charge in [0.1, 0.15) is 0 Å². The minimum absolute atomic E-state index is 0.638. The molecule has 0 bridgehead atoms. The van der Waals surface area contributed by atoms with E-state index in [1.165, 1.54) is 25.7 Å². The topological polar surface area (TPSA) is 29.0 Å². The van der Waals surface area contributed by atoms with Crippen molar-refractivity contribution < 1.29 is 0 Å². The Morgan fingerprint density at radius 2 is 2.07 bits per heavy atom. The summed E-state index contributed by atoms with van der Waals surface area (Å²) in [5.74, 6) is 0.770. The summed E-state index contributed by atoms with van der Waals surface area (Å²) in [6.07, 6.45) is 5.36. The largest absolute Gasteiger partial charge is 0.346 e. The van der Waals surface area contributed by atoms with Crippen molar-refractivity contribution in [3.8, 4) is 0 Å². The van der Waals surface area contributed by atoms with Crippen LogP contribution in [-0.4, -0.2) is 23.3 Å². The van der Waals surface area contributed by atoms with Crippen LogP contribution in [0, 0.1) is 5.92 Å². The second-order valence-corrected chi connectivity index (χ2v) is 6.51. The number of anilines is 1. The molecule has 0 amide bonds. The van der Waals surface area contributed by atoms with Gasteiger partial charge < -0.3 is 4.90 Å². The molecule has 1 saturated carbocycles. The molecule has 84 valence electrons. The van der Waals surface area contributed by atoms with Crippen molar-refractivity contribution >= 4 is 32.4 Å². The molecule has 1 fully saturated rings. The fraction of sp³-hybridized carbons (Fsp3) is 0.800. The number of halogens is 1. The zero-order valence-corrected chi connectivity index (χ0v) is 11.5. The summed E-state index contributed by atoms with van der Waals surface area (Å²) in [4.78, 5) is 2.30. The van der Waals surface area contributed by atoms with Gasteiger partial charge in [-0.3, -0.25) is 0 Å². The first-order chi connectivity index (χ1) is 7.18. The monoisotopic (exact) mass is 289 g/mol. The predicted octanol–water partition coefficient (Wildman–Crippen LogP) is 3.32. The zero-order chi connectivity index (χ0) is 10.8. The smallest absolute Gasteiger partial charge is 0.209 e. The van der Waals surface area contributed by atoms with Crippen molar-refractivity contribution in [3.63, 3.8) is 0 Å². The molecule has 2 rings (SSSR count). The Kier molecular flexibility index (Phi) is 3.61. The molecular formula is C10H16BrN3S. The van der Waals surface area contributed by atoms with E-state index in [-0.39, 0.29) is 0 Å². The van der Waals surface area contributed by atoms with Crippen LogP contribution in [0.25, 0.3) is 0 Å². The van der Waals surface area contributed by atoms with Crippen molar-refractivity contribution in [2.24, 2.45) is 5.92 Å². The van der Waals surface area contributed by atoms with Gasteiger partial charge in [-0.15, -0.1) is 10.2 Å². The molecule has 1 aromatic heterocycles. The minimum Gasteiger partial charge on any atom is -0.346 e. The van der Waals surface area contributed by atoms with E-state index in [0.717, 1.165) is 15.0 Å². The van der Waals surface area contributed by atoms with Gasteiger partial charge in [-0.2, -0.15) is 0 Å². The van der Waals surface area contributed by atoms with Gasteiger partial charge in [-0.05, 0) is 34.7 Å². The SMILES string of the molecule is CC1CCCCC1N(C)c1nnc(Br)s1. The lowest BCUT2D eigenvalue weighted by Gasteiger charge is -2.35. The van der Waals surface area contributed by atoms with Gasteiger partial charge in [0.05, 0.1) is 0 Å². The summed E-state index contributed by atoms with van der Waals surface area (Å²) in [5, 5.41) is 9.20. The highest BCUT2D eigenvalue weighted by Crippen LogP contribution is 2.32. The first-order valence-electron chi connectivity index (χ1n) is 5.40. The fourth-order valence-electron chi connectivity index (χ4n) is 2.35. The first kappa shape index (κ1) is 11.3. The quantitative estimate of drug-likeness (QED) is 0.836. The Balaban J connectivity index is 2.09. The van der Waals surface area contributed by atoms with E-state index in [1.807, 2.05) is 0 Å². The molecule has 1 aromatic rings. The lowest BCUT2D eigenvalue weighted by molar-refractivity contribution is 0.321. The van der Waals surface area contributed by atoms with E-state index in [9.17, 15) is 0 Å². The summed E-state index contributed by atoms with van der Waals surface area (Å²) < 4.78 is 0.868. The molecule has 0 aromatic carbocycles. The van der Waals surface area contributed by atoms with Crippen molar-refractivity contribution in [3.05, 3.63) is 3.92 Å². The third-order valence-electron chi connectivity index (χ3n) is 3.26. The number of hydrogen-bond donors (Lipinski definition) is 0. The van der Waals surface area contributed by atoms with E-state index in [0.29, 0.717) is 6.04 Å². The second kappa shape index (κ2) is 4.78. The maximum absolute atomic E-state index is 4.17. The van der Waals surface area contributed by atoms with Crippen LogP contribution >= 0.6 is 27.3 Å². The maximum atomic E-state index is 4.17. The highest BCUT2D eigenvalue weighted by Gasteiger charge is 2.26. The van der Waals surface area contributed by atoms with E-state index < -0.39 is 0 Å². The van der Waals surface area contributed by atoms with Crippen molar-refractivity contribution in [2.75, 3.05) is 11.9 Å². The highest BCUT2D eigenvalue weighted by molar-refractivity contribution is 9.11. The van der Waals surface area contributed by atoms with Crippen LogP contribution in [0.5, 0.6) is 0 Å². The Bertz CT molecular complexity index is 328. The average Bonchev–Trinajstić information content (AvgIpc) is 2.65. The lowest BCUT2D eigenvalue weighted by atomic mass is 9.85. The van der Waals surface area contributed by atoms with E-state index >= 15 is 0 Å². The molecule has 2 unspecified atom stereocenters. The van der Waals surface area contributed by atoms with Crippen LogP contribution in [0.3, 0.4) is 0 Å². The second-order valence-electron chi connectivity index (χ2n) is 4.28. The normalized spacial score (nSPS) is 26.6. The summed E-state index contributed by atoms with van der Waals surface area (Å²) in [6.45, 7) is 2.34. The van der Waals surface area contributed by atoms with Gasteiger partial charge in [-0.1, -0.05) is 31.1 Å². The molecule has 0 saturated heterocycles. The highest BCUT2D eigenvalue weighted by atomic mass is 79.9. The van der Waals surface area contributed by atoms with Crippen LogP contribution in [0.2, 0.25) is 0 Å². The van der Waals surface area contributed by atoms with Gasteiger partial charge >= 0.3 is 0 Å². The summed E-state index contributed by atoms with van der Waals surface area (Å²) in [7, 11) is 2.14. The van der Waals surface area contributed by atoms with Crippen LogP contribution in [0.4, 0.5) is 5.13 Å². The first-order valence-corrected chi connectivity index (χ1v) is 7.01. The van der Waals surface area contributed by atoms with Gasteiger partial charge in [0.25, 0.3) is 0 Å². The number of nitrogens with zero attached hydrogens (tertiary/aromatic N) is 3. The molecule has 1 aliphatic rings. The molecule has 0 spiro atoms. The Hall–Kier alpha value is -0.160. The van der Waals surface area contributed by atoms with Gasteiger partial charge in [0, 0.05) is 13.1 Å². The van der Waals surface area contributed by atoms with E-state index in [1.54, 1.807) is 11.3 Å². The minimum atomic E-state index is 0.638. The van der Waals surface area contributed by atoms with Gasteiger partial charge in [-0.25, -0.2) is 0 Å². The standard InChI is InChI=1S/C10H16BrN3S/c1-7-5-3-4-6-8(7)14(2)10-13-12-9(11)15-10/h7-8H,3-6H2,1-2H3. The molecule has 0 aliphatic heterocycles. The number of hydrogen-bond acceptors (Lipinski definition) is 4. The Morgan fingerprint density at radius 3 is 2.67 bits per heavy atom. The Labute approximate surface area is 103 Å². The maximum Gasteiger partial charge on any atom is 0.209 e. The van der Waals surface area contributed by atoms with Gasteiger partial charge in [0.2, 0.25) is 5.13 Å².